The maximum absolute atomic E-state index is 11.6. The van der Waals surface area contributed by atoms with Crippen LogP contribution in [0.2, 0.25) is 0 Å². The van der Waals surface area contributed by atoms with Crippen LogP contribution in [0.4, 0.5) is 0 Å². The van der Waals surface area contributed by atoms with E-state index in [9.17, 15) is 4.79 Å². The van der Waals surface area contributed by atoms with Gasteiger partial charge < -0.3 is 4.90 Å². The average molecular weight is 275 g/mol. The van der Waals surface area contributed by atoms with E-state index < -0.39 is 0 Å². The molecule has 2 rings (SSSR count). The molecule has 0 aliphatic rings. The molecule has 2 heteroatoms. The van der Waals surface area contributed by atoms with Crippen molar-refractivity contribution in [1.29, 1.82) is 0 Å². The molecule has 0 N–H and O–H groups in total. The van der Waals surface area contributed by atoms with Gasteiger partial charge in [0.15, 0.2) is 0 Å². The Kier molecular flexibility index (Phi) is 4.95. The summed E-state index contributed by atoms with van der Waals surface area (Å²) in [6.45, 7) is 4.02. The first kappa shape index (κ1) is 14.6. The minimum Gasteiger partial charge on any atom is -0.338 e. The lowest BCUT2D eigenvalue weighted by molar-refractivity contribution is -0.125. The Morgan fingerprint density at radius 1 is 1.10 bits per heavy atom. The third-order valence-electron chi connectivity index (χ3n) is 3.09. The highest BCUT2D eigenvalue weighted by Gasteiger charge is 2.07. The predicted octanol–water partition coefficient (Wildman–Crippen LogP) is 3.23. The van der Waals surface area contributed by atoms with Crippen molar-refractivity contribution in [2.75, 3.05) is 7.05 Å². The topological polar surface area (TPSA) is 20.3 Å². The van der Waals surface area contributed by atoms with Crippen molar-refractivity contribution < 1.29 is 4.79 Å². The molecular weight excluding hydrogens is 258 g/mol. The summed E-state index contributed by atoms with van der Waals surface area (Å²) in [5, 5.41) is 0. The van der Waals surface area contributed by atoms with Gasteiger partial charge in [0, 0.05) is 24.7 Å². The lowest BCUT2D eigenvalue weighted by Crippen LogP contribution is -2.24. The van der Waals surface area contributed by atoms with Crippen LogP contribution in [0.25, 0.3) is 0 Å². The van der Waals surface area contributed by atoms with Gasteiger partial charge in [0.2, 0.25) is 5.91 Å². The summed E-state index contributed by atoms with van der Waals surface area (Å²) in [6.07, 6.45) is 1.32. The van der Waals surface area contributed by atoms with E-state index in [2.05, 4.69) is 18.4 Å². The maximum Gasteiger partial charge on any atom is 0.245 e. The summed E-state index contributed by atoms with van der Waals surface area (Å²) >= 11 is 0. The van der Waals surface area contributed by atoms with Crippen molar-refractivity contribution in [2.24, 2.45) is 0 Å². The molecule has 0 unspecified atom stereocenters. The molecule has 21 heavy (non-hydrogen) atoms. The molecule has 0 saturated carbocycles. The second kappa shape index (κ2) is 7.12. The number of nitrogens with zero attached hydrogens (tertiary/aromatic N) is 1. The molecule has 0 saturated heterocycles. The van der Waals surface area contributed by atoms with Crippen LogP contribution in [0.3, 0.4) is 0 Å². The Morgan fingerprint density at radius 2 is 1.76 bits per heavy atom. The summed E-state index contributed by atoms with van der Waals surface area (Å²) in [7, 11) is 1.76. The van der Waals surface area contributed by atoms with Gasteiger partial charge in [0.25, 0.3) is 0 Å². The maximum atomic E-state index is 11.6. The first-order valence-electron chi connectivity index (χ1n) is 6.73. The molecule has 0 aromatic heterocycles. The number of amides is 1. The highest BCUT2D eigenvalue weighted by atomic mass is 16.2. The smallest absolute Gasteiger partial charge is 0.245 e. The zero-order valence-electron chi connectivity index (χ0n) is 12.0. The van der Waals surface area contributed by atoms with Gasteiger partial charge in [-0.15, -0.1) is 0 Å². The van der Waals surface area contributed by atoms with Crippen LogP contribution in [0, 0.1) is 11.8 Å². The Labute approximate surface area is 125 Å². The zero-order chi connectivity index (χ0) is 15.1. The quantitative estimate of drug-likeness (QED) is 0.622. The fraction of sp³-hybridized carbons (Fsp3) is 0.105. The van der Waals surface area contributed by atoms with Crippen LogP contribution in [0.15, 0.2) is 67.3 Å². The molecular formula is C19H17NO. The van der Waals surface area contributed by atoms with Crippen LogP contribution in [-0.4, -0.2) is 17.9 Å². The van der Waals surface area contributed by atoms with Crippen LogP contribution in [-0.2, 0) is 11.3 Å². The molecule has 2 aromatic rings. The van der Waals surface area contributed by atoms with E-state index >= 15 is 0 Å². The number of rotatable bonds is 3. The Balaban J connectivity index is 2.24. The van der Waals surface area contributed by atoms with E-state index in [0.29, 0.717) is 6.54 Å². The highest BCUT2D eigenvalue weighted by Crippen LogP contribution is 2.10. The van der Waals surface area contributed by atoms with E-state index in [1.807, 2.05) is 54.6 Å². The van der Waals surface area contributed by atoms with Crippen molar-refractivity contribution in [2.45, 2.75) is 6.54 Å². The lowest BCUT2D eigenvalue weighted by Gasteiger charge is -2.16. The normalized spacial score (nSPS) is 9.38. The summed E-state index contributed by atoms with van der Waals surface area (Å²) in [5.41, 5.74) is 2.94. The Bertz CT molecular complexity index is 692. The van der Waals surface area contributed by atoms with E-state index in [0.717, 1.165) is 16.7 Å². The molecule has 0 aliphatic heterocycles. The Hall–Kier alpha value is -2.79. The molecule has 0 fully saturated rings. The average Bonchev–Trinajstić information content (AvgIpc) is 2.54. The van der Waals surface area contributed by atoms with Crippen molar-refractivity contribution in [3.8, 4) is 11.8 Å². The molecule has 0 radical (unpaired) electrons. The van der Waals surface area contributed by atoms with E-state index in [4.69, 9.17) is 0 Å². The summed E-state index contributed by atoms with van der Waals surface area (Å²) in [6, 6.07) is 17.7. The molecule has 0 aliphatic carbocycles. The van der Waals surface area contributed by atoms with Crippen molar-refractivity contribution in [3.63, 3.8) is 0 Å². The SMILES string of the molecule is C=CC(=O)N(C)Cc1ccccc1C#Cc1ccccc1. The molecule has 2 aromatic carbocycles. The monoisotopic (exact) mass is 275 g/mol. The molecule has 0 atom stereocenters. The van der Waals surface area contributed by atoms with Gasteiger partial charge in [-0.2, -0.15) is 0 Å². The molecule has 0 bridgehead atoms. The van der Waals surface area contributed by atoms with Crippen LogP contribution < -0.4 is 0 Å². The number of benzene rings is 2. The van der Waals surface area contributed by atoms with Crippen molar-refractivity contribution in [3.05, 3.63) is 83.9 Å². The summed E-state index contributed by atoms with van der Waals surface area (Å²) < 4.78 is 0. The van der Waals surface area contributed by atoms with Gasteiger partial charge >= 0.3 is 0 Å². The van der Waals surface area contributed by atoms with Gasteiger partial charge in [-0.05, 0) is 29.8 Å². The molecule has 2 nitrogen and oxygen atoms in total. The van der Waals surface area contributed by atoms with E-state index in [1.165, 1.54) is 6.08 Å². The lowest BCUT2D eigenvalue weighted by atomic mass is 10.1. The zero-order valence-corrected chi connectivity index (χ0v) is 12.0. The first-order valence-corrected chi connectivity index (χ1v) is 6.73. The molecule has 1 amide bonds. The van der Waals surface area contributed by atoms with Crippen molar-refractivity contribution >= 4 is 5.91 Å². The number of carbonyl (C=O) groups is 1. The highest BCUT2D eigenvalue weighted by molar-refractivity contribution is 5.86. The molecule has 104 valence electrons. The number of carbonyl (C=O) groups excluding carboxylic acids is 1. The van der Waals surface area contributed by atoms with Gasteiger partial charge in [0.1, 0.15) is 0 Å². The van der Waals surface area contributed by atoms with E-state index in [-0.39, 0.29) is 5.91 Å². The van der Waals surface area contributed by atoms with Crippen molar-refractivity contribution in [1.82, 2.24) is 4.90 Å². The predicted molar refractivity (Wildman–Crippen MR) is 85.5 cm³/mol. The number of hydrogen-bond donors (Lipinski definition) is 0. The number of hydrogen-bond acceptors (Lipinski definition) is 1. The largest absolute Gasteiger partial charge is 0.338 e. The molecule has 0 heterocycles. The van der Waals surface area contributed by atoms with Gasteiger partial charge in [-0.1, -0.05) is 54.8 Å². The van der Waals surface area contributed by atoms with Crippen LogP contribution in [0.1, 0.15) is 16.7 Å². The minimum atomic E-state index is -0.0965. The van der Waals surface area contributed by atoms with Crippen LogP contribution in [0.5, 0.6) is 0 Å². The molecule has 0 spiro atoms. The van der Waals surface area contributed by atoms with E-state index in [1.54, 1.807) is 11.9 Å². The van der Waals surface area contributed by atoms with Crippen LogP contribution >= 0.6 is 0 Å². The number of likely N-dealkylation sites (N-methyl/N-ethyl adjacent to an activating group) is 1. The van der Waals surface area contributed by atoms with Gasteiger partial charge in [-0.3, -0.25) is 4.79 Å². The van der Waals surface area contributed by atoms with Gasteiger partial charge in [0.05, 0.1) is 0 Å². The fourth-order valence-electron chi connectivity index (χ4n) is 1.93. The standard InChI is InChI=1S/C19H17NO/c1-3-19(21)20(2)15-18-12-8-7-11-17(18)14-13-16-9-5-4-6-10-16/h3-12H,1,15H2,2H3. The Morgan fingerprint density at radius 3 is 2.48 bits per heavy atom. The fourth-order valence-corrected chi connectivity index (χ4v) is 1.93. The van der Waals surface area contributed by atoms with Gasteiger partial charge in [-0.25, -0.2) is 0 Å². The summed E-state index contributed by atoms with van der Waals surface area (Å²) in [4.78, 5) is 13.2. The second-order valence-corrected chi connectivity index (χ2v) is 4.67. The second-order valence-electron chi connectivity index (χ2n) is 4.67. The first-order chi connectivity index (χ1) is 10.2. The summed E-state index contributed by atoms with van der Waals surface area (Å²) in [5.74, 6) is 6.23. The third-order valence-corrected chi connectivity index (χ3v) is 3.09. The minimum absolute atomic E-state index is 0.0965. The third kappa shape index (κ3) is 4.09.